The monoisotopic (exact) mass is 356 g/mol. The molecule has 2 aliphatic heterocycles. The van der Waals surface area contributed by atoms with Crippen LogP contribution in [-0.4, -0.2) is 54.5 Å². The second-order valence-electron chi connectivity index (χ2n) is 7.43. The molecule has 140 valence electrons. The van der Waals surface area contributed by atoms with E-state index in [-0.39, 0.29) is 5.92 Å². The normalized spacial score (nSPS) is 21.9. The average Bonchev–Trinajstić information content (AvgIpc) is 3.14. The number of aromatic nitrogens is 2. The first-order valence-electron chi connectivity index (χ1n) is 9.64. The summed E-state index contributed by atoms with van der Waals surface area (Å²) in [6.45, 7) is 10.8. The fourth-order valence-electron chi connectivity index (χ4n) is 3.85. The van der Waals surface area contributed by atoms with Crippen LogP contribution in [-0.2, 0) is 11.3 Å². The van der Waals surface area contributed by atoms with Crippen molar-refractivity contribution in [2.24, 2.45) is 0 Å². The molecule has 4 rings (SSSR count). The van der Waals surface area contributed by atoms with Gasteiger partial charge in [0.25, 0.3) is 0 Å². The lowest BCUT2D eigenvalue weighted by atomic mass is 10.0. The van der Waals surface area contributed by atoms with E-state index in [0.717, 1.165) is 64.0 Å². The van der Waals surface area contributed by atoms with Gasteiger partial charge in [0, 0.05) is 38.5 Å². The summed E-state index contributed by atoms with van der Waals surface area (Å²) in [6.07, 6.45) is 2.15. The highest BCUT2D eigenvalue weighted by Crippen LogP contribution is 2.26. The van der Waals surface area contributed by atoms with E-state index < -0.39 is 0 Å². The van der Waals surface area contributed by atoms with Crippen LogP contribution in [0.2, 0.25) is 0 Å². The number of hydrogen-bond acceptors (Lipinski definition) is 6. The van der Waals surface area contributed by atoms with E-state index in [0.29, 0.717) is 6.61 Å². The lowest BCUT2D eigenvalue weighted by Crippen LogP contribution is -2.46. The predicted octanol–water partition coefficient (Wildman–Crippen LogP) is 2.90. The van der Waals surface area contributed by atoms with Crippen LogP contribution in [0.1, 0.15) is 41.7 Å². The molecule has 6 nitrogen and oxygen atoms in total. The van der Waals surface area contributed by atoms with Crippen LogP contribution in [0.5, 0.6) is 0 Å². The molecule has 0 spiro atoms. The Bertz CT molecular complexity index is 731. The SMILES string of the molecule is Cc1cccc(N2CCN(Cc3nnc(C4CCCOC4)o3)CC2)c1C. The van der Waals surface area contributed by atoms with E-state index in [9.17, 15) is 0 Å². The molecule has 26 heavy (non-hydrogen) atoms. The predicted molar refractivity (Wildman–Crippen MR) is 100 cm³/mol. The minimum Gasteiger partial charge on any atom is -0.423 e. The van der Waals surface area contributed by atoms with E-state index in [1.807, 2.05) is 0 Å². The number of aryl methyl sites for hydroxylation is 1. The molecule has 0 saturated carbocycles. The Labute approximate surface area is 155 Å². The van der Waals surface area contributed by atoms with Crippen molar-refractivity contribution in [1.29, 1.82) is 0 Å². The third-order valence-electron chi connectivity index (χ3n) is 5.64. The number of benzene rings is 1. The van der Waals surface area contributed by atoms with Crippen LogP contribution in [0, 0.1) is 13.8 Å². The lowest BCUT2D eigenvalue weighted by molar-refractivity contribution is 0.0717. The van der Waals surface area contributed by atoms with Crippen LogP contribution >= 0.6 is 0 Å². The molecule has 6 heteroatoms. The Morgan fingerprint density at radius 1 is 1.12 bits per heavy atom. The molecule has 1 atom stereocenters. The molecular weight excluding hydrogens is 328 g/mol. The molecule has 2 aliphatic rings. The van der Waals surface area contributed by atoms with Crippen molar-refractivity contribution >= 4 is 5.69 Å². The van der Waals surface area contributed by atoms with Gasteiger partial charge in [0.1, 0.15) is 0 Å². The number of hydrogen-bond donors (Lipinski definition) is 0. The Kier molecular flexibility index (Phi) is 5.22. The molecule has 1 aromatic carbocycles. The highest BCUT2D eigenvalue weighted by molar-refractivity contribution is 5.56. The summed E-state index contributed by atoms with van der Waals surface area (Å²) < 4.78 is 11.4. The zero-order valence-corrected chi connectivity index (χ0v) is 15.8. The number of anilines is 1. The topological polar surface area (TPSA) is 54.6 Å². The molecule has 3 heterocycles. The Hall–Kier alpha value is -1.92. The summed E-state index contributed by atoms with van der Waals surface area (Å²) in [5.74, 6) is 1.74. The molecule has 1 unspecified atom stereocenters. The molecule has 2 aromatic rings. The molecule has 0 bridgehead atoms. The molecule has 0 aliphatic carbocycles. The van der Waals surface area contributed by atoms with Crippen LogP contribution in [0.15, 0.2) is 22.6 Å². The van der Waals surface area contributed by atoms with Gasteiger partial charge in [0.2, 0.25) is 11.8 Å². The third-order valence-corrected chi connectivity index (χ3v) is 5.64. The summed E-state index contributed by atoms with van der Waals surface area (Å²) in [4.78, 5) is 4.88. The van der Waals surface area contributed by atoms with Gasteiger partial charge in [-0.05, 0) is 43.9 Å². The second-order valence-corrected chi connectivity index (χ2v) is 7.43. The Morgan fingerprint density at radius 3 is 2.73 bits per heavy atom. The number of rotatable bonds is 4. The molecule has 0 N–H and O–H groups in total. The second kappa shape index (κ2) is 7.76. The minimum atomic E-state index is 0.270. The maximum Gasteiger partial charge on any atom is 0.230 e. The van der Waals surface area contributed by atoms with Gasteiger partial charge in [-0.3, -0.25) is 4.90 Å². The van der Waals surface area contributed by atoms with E-state index in [1.165, 1.54) is 16.8 Å². The van der Waals surface area contributed by atoms with Crippen LogP contribution in [0.3, 0.4) is 0 Å². The molecular formula is C20H28N4O2. The highest BCUT2D eigenvalue weighted by atomic mass is 16.5. The standard InChI is InChI=1S/C20H28N4O2/c1-15-5-3-7-18(16(15)2)24-10-8-23(9-11-24)13-19-21-22-20(26-19)17-6-4-12-25-14-17/h3,5,7,17H,4,6,8-14H2,1-2H3. The van der Waals surface area contributed by atoms with E-state index in [4.69, 9.17) is 9.15 Å². The number of piperazine rings is 1. The van der Waals surface area contributed by atoms with Crippen LogP contribution in [0.4, 0.5) is 5.69 Å². The van der Waals surface area contributed by atoms with E-state index in [2.05, 4.69) is 52.0 Å². The molecule has 2 saturated heterocycles. The summed E-state index contributed by atoms with van der Waals surface area (Å²) in [5, 5.41) is 8.52. The van der Waals surface area contributed by atoms with Gasteiger partial charge < -0.3 is 14.1 Å². The number of ether oxygens (including phenoxy) is 1. The van der Waals surface area contributed by atoms with Gasteiger partial charge >= 0.3 is 0 Å². The van der Waals surface area contributed by atoms with Crippen molar-refractivity contribution < 1.29 is 9.15 Å². The van der Waals surface area contributed by atoms with Gasteiger partial charge in [-0.15, -0.1) is 10.2 Å². The molecule has 0 amide bonds. The van der Waals surface area contributed by atoms with Crippen molar-refractivity contribution in [3.63, 3.8) is 0 Å². The first-order chi connectivity index (χ1) is 12.7. The van der Waals surface area contributed by atoms with E-state index in [1.54, 1.807) is 0 Å². The molecule has 1 aromatic heterocycles. The Balaban J connectivity index is 1.33. The molecule has 0 radical (unpaired) electrons. The van der Waals surface area contributed by atoms with Crippen molar-refractivity contribution in [2.75, 3.05) is 44.3 Å². The maximum atomic E-state index is 5.91. The first kappa shape index (κ1) is 17.5. The van der Waals surface area contributed by atoms with Gasteiger partial charge in [-0.1, -0.05) is 12.1 Å². The van der Waals surface area contributed by atoms with Gasteiger partial charge in [-0.25, -0.2) is 0 Å². The summed E-state index contributed by atoms with van der Waals surface area (Å²) >= 11 is 0. The third kappa shape index (κ3) is 3.76. The van der Waals surface area contributed by atoms with E-state index >= 15 is 0 Å². The highest BCUT2D eigenvalue weighted by Gasteiger charge is 2.24. The summed E-state index contributed by atoms with van der Waals surface area (Å²) in [5.41, 5.74) is 4.11. The summed E-state index contributed by atoms with van der Waals surface area (Å²) in [6, 6.07) is 6.56. The van der Waals surface area contributed by atoms with Gasteiger partial charge in [0.05, 0.1) is 19.1 Å². The smallest absolute Gasteiger partial charge is 0.230 e. The van der Waals surface area contributed by atoms with Gasteiger partial charge in [0.15, 0.2) is 0 Å². The quantitative estimate of drug-likeness (QED) is 0.840. The average molecular weight is 356 g/mol. The number of nitrogens with zero attached hydrogens (tertiary/aromatic N) is 4. The van der Waals surface area contributed by atoms with Gasteiger partial charge in [-0.2, -0.15) is 0 Å². The van der Waals surface area contributed by atoms with Crippen LogP contribution < -0.4 is 4.90 Å². The maximum absolute atomic E-state index is 5.91. The zero-order chi connectivity index (χ0) is 17.9. The van der Waals surface area contributed by atoms with Crippen molar-refractivity contribution in [3.05, 3.63) is 41.1 Å². The van der Waals surface area contributed by atoms with Crippen LogP contribution in [0.25, 0.3) is 0 Å². The Morgan fingerprint density at radius 2 is 1.96 bits per heavy atom. The fourth-order valence-corrected chi connectivity index (χ4v) is 3.85. The van der Waals surface area contributed by atoms with Crippen molar-refractivity contribution in [2.45, 2.75) is 39.2 Å². The first-order valence-corrected chi connectivity index (χ1v) is 9.64. The lowest BCUT2D eigenvalue weighted by Gasteiger charge is -2.36. The summed E-state index contributed by atoms with van der Waals surface area (Å²) in [7, 11) is 0. The minimum absolute atomic E-state index is 0.270. The largest absolute Gasteiger partial charge is 0.423 e. The fraction of sp³-hybridized carbons (Fsp3) is 0.600. The zero-order valence-electron chi connectivity index (χ0n) is 15.8. The van der Waals surface area contributed by atoms with Crippen molar-refractivity contribution in [3.8, 4) is 0 Å². The van der Waals surface area contributed by atoms with Crippen molar-refractivity contribution in [1.82, 2.24) is 15.1 Å². The molecule has 2 fully saturated rings.